The van der Waals surface area contributed by atoms with E-state index in [1.165, 1.54) is 12.8 Å². The maximum atomic E-state index is 2.12. The van der Waals surface area contributed by atoms with E-state index in [0.29, 0.717) is 0 Å². The van der Waals surface area contributed by atoms with Crippen LogP contribution in [0.5, 0.6) is 0 Å². The van der Waals surface area contributed by atoms with Crippen LogP contribution in [0.3, 0.4) is 0 Å². The largest absolute Gasteiger partial charge is 0.369 e. The summed E-state index contributed by atoms with van der Waals surface area (Å²) in [5, 5.41) is 0. The average Bonchev–Trinajstić information content (AvgIpc) is 2.11. The zero-order valence-electron chi connectivity index (χ0n) is 5.57. The third-order valence-corrected chi connectivity index (χ3v) is 0.236. The van der Waals surface area contributed by atoms with Crippen molar-refractivity contribution < 1.29 is 0 Å². The summed E-state index contributed by atoms with van der Waals surface area (Å²) in [6.07, 6.45) is 6.75. The molecule has 7 heavy (non-hydrogen) atoms. The Bertz CT molecular complexity index is 35.4. The molecule has 0 saturated heterocycles. The fourth-order valence-corrected chi connectivity index (χ4v) is 0. The van der Waals surface area contributed by atoms with Crippen LogP contribution in [0.25, 0.3) is 0 Å². The molecule has 0 fully saturated rings. The van der Waals surface area contributed by atoms with Gasteiger partial charge in [-0.05, 0) is 6.42 Å². The van der Waals surface area contributed by atoms with Gasteiger partial charge < -0.3 is 6.15 Å². The second kappa shape index (κ2) is 9.20. The predicted octanol–water partition coefficient (Wildman–Crippen LogP) is 2.74. The van der Waals surface area contributed by atoms with Crippen molar-refractivity contribution in [2.45, 2.75) is 26.7 Å². The molecule has 0 aromatic heterocycles. The molecular formula is C6H16N+. The molecule has 0 atom stereocenters. The van der Waals surface area contributed by atoms with Gasteiger partial charge in [0.25, 0.3) is 0 Å². The van der Waals surface area contributed by atoms with Crippen molar-refractivity contribution in [3.05, 3.63) is 12.2 Å². The standard InChI is InChI=1S/C3H4.C3H8.H3N/c1-2-3-1;1-3-2;/h1-2H,3H2;3H2,1-2H3;1H3/p+1. The topological polar surface area (TPSA) is 36.5 Å². The first kappa shape index (κ1) is 9.85. The fraction of sp³-hybridized carbons (Fsp3) is 0.667. The Morgan fingerprint density at radius 3 is 1.43 bits per heavy atom. The lowest BCUT2D eigenvalue weighted by atomic mass is 10.6. The van der Waals surface area contributed by atoms with E-state index in [0.717, 1.165) is 0 Å². The zero-order chi connectivity index (χ0) is 4.83. The number of hydrogen-bond donors (Lipinski definition) is 1. The average molecular weight is 102 g/mol. The molecule has 0 aromatic rings. The maximum absolute atomic E-state index is 2.12. The van der Waals surface area contributed by atoms with Crippen LogP contribution in [0, 0.1) is 0 Å². The summed E-state index contributed by atoms with van der Waals surface area (Å²) in [6, 6.07) is 0. The number of rotatable bonds is 0. The lowest BCUT2D eigenvalue weighted by molar-refractivity contribution is 1.09. The molecule has 1 aliphatic carbocycles. The quantitative estimate of drug-likeness (QED) is 0.456. The first-order chi connectivity index (χ1) is 2.91. The summed E-state index contributed by atoms with van der Waals surface area (Å²) >= 11 is 0. The van der Waals surface area contributed by atoms with Crippen molar-refractivity contribution >= 4 is 0 Å². The van der Waals surface area contributed by atoms with Gasteiger partial charge in [-0.3, -0.25) is 0 Å². The molecule has 0 heterocycles. The SMILES string of the molecule is C1=CC1.CCC.[NH4+]. The van der Waals surface area contributed by atoms with E-state index < -0.39 is 0 Å². The first-order valence-electron chi connectivity index (χ1n) is 2.56. The van der Waals surface area contributed by atoms with Gasteiger partial charge in [-0.1, -0.05) is 32.4 Å². The van der Waals surface area contributed by atoms with Crippen LogP contribution < -0.4 is 6.15 Å². The fourth-order valence-electron chi connectivity index (χ4n) is 0. The Kier molecular flexibility index (Phi) is 12.9. The van der Waals surface area contributed by atoms with Gasteiger partial charge in [-0.15, -0.1) is 0 Å². The van der Waals surface area contributed by atoms with Crippen molar-refractivity contribution in [2.24, 2.45) is 0 Å². The molecule has 0 aromatic carbocycles. The van der Waals surface area contributed by atoms with Crippen LogP contribution in [0.1, 0.15) is 26.7 Å². The van der Waals surface area contributed by atoms with Crippen LogP contribution >= 0.6 is 0 Å². The summed E-state index contributed by atoms with van der Waals surface area (Å²) in [5.41, 5.74) is 0. The smallest absolute Gasteiger partial charge is 0.0169 e. The highest BCUT2D eigenvalue weighted by Gasteiger charge is 1.75. The summed E-state index contributed by atoms with van der Waals surface area (Å²) in [6.45, 7) is 4.25. The molecule has 1 aliphatic rings. The lowest BCUT2D eigenvalue weighted by Crippen LogP contribution is -1.27. The van der Waals surface area contributed by atoms with Crippen LogP contribution in [0.2, 0.25) is 0 Å². The van der Waals surface area contributed by atoms with Gasteiger partial charge in [0.1, 0.15) is 0 Å². The number of hydrogen-bond acceptors (Lipinski definition) is 0. The minimum Gasteiger partial charge on any atom is -0.369 e. The highest BCUT2D eigenvalue weighted by molar-refractivity contribution is 5.02. The third kappa shape index (κ3) is 159. The molecule has 1 rings (SSSR count). The molecule has 0 amide bonds. The van der Waals surface area contributed by atoms with E-state index in [1.807, 2.05) is 0 Å². The Labute approximate surface area is 46.0 Å². The van der Waals surface area contributed by atoms with E-state index in [-0.39, 0.29) is 6.15 Å². The molecule has 0 unspecified atom stereocenters. The molecule has 0 aliphatic heterocycles. The Morgan fingerprint density at radius 1 is 1.29 bits per heavy atom. The van der Waals surface area contributed by atoms with E-state index in [2.05, 4.69) is 26.0 Å². The summed E-state index contributed by atoms with van der Waals surface area (Å²) in [7, 11) is 0. The first-order valence-corrected chi connectivity index (χ1v) is 2.56. The van der Waals surface area contributed by atoms with E-state index in [4.69, 9.17) is 0 Å². The number of quaternary nitrogens is 1. The minimum atomic E-state index is 0. The second-order valence-corrected chi connectivity index (χ2v) is 1.41. The van der Waals surface area contributed by atoms with Gasteiger partial charge in [0.15, 0.2) is 0 Å². The van der Waals surface area contributed by atoms with Crippen molar-refractivity contribution in [3.8, 4) is 0 Å². The van der Waals surface area contributed by atoms with Gasteiger partial charge in [0.05, 0.1) is 0 Å². The van der Waals surface area contributed by atoms with Crippen LogP contribution in [0.4, 0.5) is 0 Å². The third-order valence-electron chi connectivity index (χ3n) is 0.236. The van der Waals surface area contributed by atoms with Crippen LogP contribution in [-0.2, 0) is 0 Å². The van der Waals surface area contributed by atoms with Gasteiger partial charge in [0.2, 0.25) is 0 Å². The number of allylic oxidation sites excluding steroid dienone is 2. The van der Waals surface area contributed by atoms with Crippen molar-refractivity contribution in [3.63, 3.8) is 0 Å². The van der Waals surface area contributed by atoms with Crippen molar-refractivity contribution in [1.29, 1.82) is 0 Å². The molecule has 44 valence electrons. The lowest BCUT2D eigenvalue weighted by Gasteiger charge is -1.48. The Balaban J connectivity index is 0. The maximum Gasteiger partial charge on any atom is -0.0169 e. The summed E-state index contributed by atoms with van der Waals surface area (Å²) in [5.74, 6) is 0. The molecular weight excluding hydrogens is 86.1 g/mol. The predicted molar refractivity (Wildman–Crippen MR) is 35.7 cm³/mol. The van der Waals surface area contributed by atoms with Gasteiger partial charge in [-0.2, -0.15) is 0 Å². The Morgan fingerprint density at radius 2 is 1.43 bits per heavy atom. The normalized spacial score (nSPS) is 10.6. The highest BCUT2D eigenvalue weighted by atomic mass is 14.0. The van der Waals surface area contributed by atoms with Crippen LogP contribution in [-0.4, -0.2) is 0 Å². The summed E-state index contributed by atoms with van der Waals surface area (Å²) < 4.78 is 0. The van der Waals surface area contributed by atoms with Gasteiger partial charge >= 0.3 is 0 Å². The molecule has 1 heteroatoms. The minimum absolute atomic E-state index is 0. The van der Waals surface area contributed by atoms with E-state index in [9.17, 15) is 0 Å². The van der Waals surface area contributed by atoms with E-state index >= 15 is 0 Å². The molecule has 1 nitrogen and oxygen atoms in total. The second-order valence-electron chi connectivity index (χ2n) is 1.41. The summed E-state index contributed by atoms with van der Waals surface area (Å²) in [4.78, 5) is 0. The molecule has 0 radical (unpaired) electrons. The van der Waals surface area contributed by atoms with Crippen LogP contribution in [0.15, 0.2) is 12.2 Å². The van der Waals surface area contributed by atoms with E-state index in [1.54, 1.807) is 0 Å². The molecule has 4 N–H and O–H groups in total. The monoisotopic (exact) mass is 102 g/mol. The molecule has 0 bridgehead atoms. The molecule has 0 saturated carbocycles. The van der Waals surface area contributed by atoms with Gasteiger partial charge in [0, 0.05) is 0 Å². The van der Waals surface area contributed by atoms with Gasteiger partial charge in [-0.25, -0.2) is 0 Å². The zero-order valence-corrected chi connectivity index (χ0v) is 5.57. The Hall–Kier alpha value is -0.300. The highest BCUT2D eigenvalue weighted by Crippen LogP contribution is 1.96. The molecule has 0 spiro atoms. The van der Waals surface area contributed by atoms with Crippen molar-refractivity contribution in [2.75, 3.05) is 0 Å². The van der Waals surface area contributed by atoms with Crippen molar-refractivity contribution in [1.82, 2.24) is 6.15 Å².